The van der Waals surface area contributed by atoms with Crippen molar-refractivity contribution in [2.75, 3.05) is 33.3 Å². The molecule has 1 aromatic heterocycles. The molecule has 0 saturated carbocycles. The molecule has 1 atom stereocenters. The van der Waals surface area contributed by atoms with Crippen LogP contribution >= 0.6 is 0 Å². The maximum Gasteiger partial charge on any atom is 0.223 e. The van der Waals surface area contributed by atoms with E-state index in [1.807, 2.05) is 30.3 Å². The number of aliphatic hydroxyl groups is 1. The number of carbonyl (C=O) groups is 1. The van der Waals surface area contributed by atoms with Crippen molar-refractivity contribution >= 4 is 5.91 Å². The molecule has 0 radical (unpaired) electrons. The van der Waals surface area contributed by atoms with Gasteiger partial charge in [0.2, 0.25) is 5.91 Å². The summed E-state index contributed by atoms with van der Waals surface area (Å²) in [7, 11) is 2.03. The summed E-state index contributed by atoms with van der Waals surface area (Å²) in [6.45, 7) is 3.62. The minimum Gasteiger partial charge on any atom is -0.390 e. The number of carbonyl (C=O) groups excluding carboxylic acids is 1. The van der Waals surface area contributed by atoms with Crippen LogP contribution in [0.25, 0.3) is 0 Å². The van der Waals surface area contributed by atoms with Crippen LogP contribution in [-0.4, -0.2) is 70.8 Å². The number of ether oxygens (including phenoxy) is 1. The van der Waals surface area contributed by atoms with Crippen LogP contribution in [-0.2, 0) is 16.1 Å². The first-order valence-electron chi connectivity index (χ1n) is 9.26. The summed E-state index contributed by atoms with van der Waals surface area (Å²) in [5.41, 5.74) is 0.743. The molecule has 1 aromatic rings. The van der Waals surface area contributed by atoms with Crippen molar-refractivity contribution in [3.63, 3.8) is 0 Å². The second kappa shape index (κ2) is 8.25. The van der Waals surface area contributed by atoms with Gasteiger partial charge in [0.05, 0.1) is 11.7 Å². The summed E-state index contributed by atoms with van der Waals surface area (Å²) in [6, 6.07) is 3.98. The molecule has 0 unspecified atom stereocenters. The Labute approximate surface area is 149 Å². The molecule has 6 heteroatoms. The molecule has 3 heterocycles. The monoisotopic (exact) mass is 347 g/mol. The van der Waals surface area contributed by atoms with Gasteiger partial charge in [0.25, 0.3) is 0 Å². The number of hydrogen-bond donors (Lipinski definition) is 1. The van der Waals surface area contributed by atoms with Gasteiger partial charge >= 0.3 is 0 Å². The molecule has 2 fully saturated rings. The number of aliphatic hydroxyl groups excluding tert-OH is 1. The number of likely N-dealkylation sites (tertiary alicyclic amines) is 1. The Morgan fingerprint density at radius 1 is 1.48 bits per heavy atom. The highest BCUT2D eigenvalue weighted by Gasteiger charge is 2.44. The zero-order valence-corrected chi connectivity index (χ0v) is 15.1. The zero-order valence-electron chi connectivity index (χ0n) is 15.1. The molecule has 25 heavy (non-hydrogen) atoms. The lowest BCUT2D eigenvalue weighted by molar-refractivity contribution is -0.179. The maximum atomic E-state index is 12.5. The maximum absolute atomic E-state index is 12.5. The Balaban J connectivity index is 1.42. The first-order chi connectivity index (χ1) is 12.1. The van der Waals surface area contributed by atoms with E-state index in [9.17, 15) is 9.90 Å². The second-order valence-corrected chi connectivity index (χ2v) is 7.30. The highest BCUT2D eigenvalue weighted by molar-refractivity contribution is 5.76. The lowest BCUT2D eigenvalue weighted by Crippen LogP contribution is -2.56. The van der Waals surface area contributed by atoms with Gasteiger partial charge in [0.1, 0.15) is 0 Å². The number of nitrogens with zero attached hydrogens (tertiary/aromatic N) is 3. The van der Waals surface area contributed by atoms with Gasteiger partial charge in [-0.2, -0.15) is 0 Å². The third-order valence-corrected chi connectivity index (χ3v) is 5.46. The Morgan fingerprint density at radius 3 is 2.96 bits per heavy atom. The third kappa shape index (κ3) is 4.57. The largest absolute Gasteiger partial charge is 0.390 e. The molecule has 138 valence electrons. The van der Waals surface area contributed by atoms with E-state index in [1.165, 1.54) is 0 Å². The van der Waals surface area contributed by atoms with Crippen molar-refractivity contribution in [3.05, 3.63) is 30.1 Å². The Morgan fingerprint density at radius 2 is 2.28 bits per heavy atom. The van der Waals surface area contributed by atoms with Gasteiger partial charge in [-0.15, -0.1) is 0 Å². The van der Waals surface area contributed by atoms with Gasteiger partial charge in [-0.1, -0.05) is 6.07 Å². The van der Waals surface area contributed by atoms with Crippen molar-refractivity contribution in [2.24, 2.45) is 0 Å². The van der Waals surface area contributed by atoms with Crippen molar-refractivity contribution in [3.8, 4) is 0 Å². The van der Waals surface area contributed by atoms with Crippen LogP contribution in [0.4, 0.5) is 0 Å². The third-order valence-electron chi connectivity index (χ3n) is 5.46. The number of pyridine rings is 1. The minimum absolute atomic E-state index is 0.193. The topological polar surface area (TPSA) is 65.9 Å². The summed E-state index contributed by atoms with van der Waals surface area (Å²) < 4.78 is 5.91. The van der Waals surface area contributed by atoms with E-state index in [0.717, 1.165) is 50.9 Å². The van der Waals surface area contributed by atoms with Crippen LogP contribution in [0, 0.1) is 0 Å². The smallest absolute Gasteiger partial charge is 0.223 e. The minimum atomic E-state index is -0.411. The average Bonchev–Trinajstić information content (AvgIpc) is 2.64. The van der Waals surface area contributed by atoms with E-state index < -0.39 is 5.60 Å². The van der Waals surface area contributed by atoms with Crippen LogP contribution in [0.1, 0.15) is 37.7 Å². The predicted molar refractivity (Wildman–Crippen MR) is 94.9 cm³/mol. The van der Waals surface area contributed by atoms with Crippen LogP contribution in [0.2, 0.25) is 0 Å². The van der Waals surface area contributed by atoms with Crippen LogP contribution in [0.15, 0.2) is 24.5 Å². The molecule has 2 aliphatic rings. The van der Waals surface area contributed by atoms with E-state index in [2.05, 4.69) is 9.88 Å². The number of aromatic nitrogens is 1. The second-order valence-electron chi connectivity index (χ2n) is 7.30. The van der Waals surface area contributed by atoms with E-state index in [-0.39, 0.29) is 12.0 Å². The summed E-state index contributed by atoms with van der Waals surface area (Å²) in [5.74, 6) is 0.193. The molecule has 0 aliphatic carbocycles. The number of rotatable bonds is 5. The van der Waals surface area contributed by atoms with E-state index >= 15 is 0 Å². The van der Waals surface area contributed by atoms with Gasteiger partial charge in [-0.25, -0.2) is 0 Å². The predicted octanol–water partition coefficient (Wildman–Crippen LogP) is 1.44. The van der Waals surface area contributed by atoms with Gasteiger partial charge < -0.3 is 19.6 Å². The Kier molecular flexibility index (Phi) is 6.04. The highest BCUT2D eigenvalue weighted by Crippen LogP contribution is 2.35. The lowest BCUT2D eigenvalue weighted by atomic mass is 9.82. The summed E-state index contributed by atoms with van der Waals surface area (Å²) >= 11 is 0. The van der Waals surface area contributed by atoms with Gasteiger partial charge in [-0.3, -0.25) is 9.78 Å². The lowest BCUT2D eigenvalue weighted by Gasteiger charge is -2.46. The van der Waals surface area contributed by atoms with E-state index in [1.54, 1.807) is 6.20 Å². The van der Waals surface area contributed by atoms with Gasteiger partial charge in [-0.05, 0) is 44.4 Å². The number of amides is 1. The average molecular weight is 347 g/mol. The quantitative estimate of drug-likeness (QED) is 0.873. The van der Waals surface area contributed by atoms with Crippen molar-refractivity contribution < 1.29 is 14.6 Å². The standard InChI is InChI=1S/C19H29N3O3/c1-21(15-16-4-2-9-20-14-16)10-6-18(24)22-11-7-19(8-12-22)17(23)5-3-13-25-19/h2,4,9,14,17,23H,3,5-8,10-13,15H2,1H3/t17-/m0/s1. The molecule has 2 saturated heterocycles. The summed E-state index contributed by atoms with van der Waals surface area (Å²) in [5, 5.41) is 10.3. The normalized spacial score (nSPS) is 23.2. The number of hydrogen-bond acceptors (Lipinski definition) is 5. The molecule has 2 aliphatic heterocycles. The van der Waals surface area contributed by atoms with Crippen molar-refractivity contribution in [1.29, 1.82) is 0 Å². The van der Waals surface area contributed by atoms with Crippen LogP contribution < -0.4 is 0 Å². The molecule has 1 amide bonds. The Bertz CT molecular complexity index is 558. The van der Waals surface area contributed by atoms with Gasteiger partial charge in [0.15, 0.2) is 0 Å². The zero-order chi connectivity index (χ0) is 17.7. The van der Waals surface area contributed by atoms with E-state index in [4.69, 9.17) is 4.74 Å². The fraction of sp³-hybridized carbons (Fsp3) is 0.684. The first-order valence-corrected chi connectivity index (χ1v) is 9.26. The molecule has 0 bridgehead atoms. The number of piperidine rings is 1. The highest BCUT2D eigenvalue weighted by atomic mass is 16.5. The fourth-order valence-electron chi connectivity index (χ4n) is 3.85. The molecular formula is C19H29N3O3. The van der Waals surface area contributed by atoms with E-state index in [0.29, 0.717) is 19.5 Å². The SMILES string of the molecule is CN(CCC(=O)N1CCC2(CC1)OCCC[C@@H]2O)Cc1cccnc1. The first kappa shape index (κ1) is 18.3. The van der Waals surface area contributed by atoms with Crippen molar-refractivity contribution in [1.82, 2.24) is 14.8 Å². The summed E-state index contributed by atoms with van der Waals surface area (Å²) in [4.78, 5) is 20.7. The van der Waals surface area contributed by atoms with Crippen LogP contribution in [0.3, 0.4) is 0 Å². The molecule has 6 nitrogen and oxygen atoms in total. The van der Waals surface area contributed by atoms with Gasteiger partial charge in [0, 0.05) is 51.6 Å². The molecule has 0 aromatic carbocycles. The summed E-state index contributed by atoms with van der Waals surface area (Å²) in [6.07, 6.45) is 6.98. The molecule has 1 N–H and O–H groups in total. The van der Waals surface area contributed by atoms with Crippen molar-refractivity contribution in [2.45, 2.75) is 50.4 Å². The molecular weight excluding hydrogens is 318 g/mol. The Hall–Kier alpha value is -1.50. The van der Waals surface area contributed by atoms with Crippen LogP contribution in [0.5, 0.6) is 0 Å². The molecule has 1 spiro atoms. The fourth-order valence-corrected chi connectivity index (χ4v) is 3.85. The molecule has 3 rings (SSSR count).